The average Bonchev–Trinajstić information content (AvgIpc) is 3.13. The van der Waals surface area contributed by atoms with Gasteiger partial charge in [-0.05, 0) is 29.8 Å². The predicted octanol–water partition coefficient (Wildman–Crippen LogP) is 3.19. The summed E-state index contributed by atoms with van der Waals surface area (Å²) in [6.45, 7) is 5.63. The van der Waals surface area contributed by atoms with E-state index in [1.54, 1.807) is 12.1 Å². The zero-order valence-electron chi connectivity index (χ0n) is 14.5. The zero-order valence-corrected chi connectivity index (χ0v) is 14.5. The van der Waals surface area contributed by atoms with Crippen molar-refractivity contribution in [1.82, 2.24) is 20.0 Å². The molecule has 0 bridgehead atoms. The van der Waals surface area contributed by atoms with Gasteiger partial charge in [0.2, 0.25) is 11.8 Å². The van der Waals surface area contributed by atoms with Crippen LogP contribution in [-0.4, -0.2) is 46.2 Å². The molecule has 2 aromatic carbocycles. The average molecular weight is 352 g/mol. The highest BCUT2D eigenvalue weighted by Gasteiger charge is 2.19. The van der Waals surface area contributed by atoms with E-state index >= 15 is 0 Å². The quantitative estimate of drug-likeness (QED) is 0.706. The number of piperazine rings is 1. The monoisotopic (exact) mass is 352 g/mol. The minimum atomic E-state index is -0.276. The van der Waals surface area contributed by atoms with E-state index < -0.39 is 0 Å². The fourth-order valence-electron chi connectivity index (χ4n) is 3.17. The van der Waals surface area contributed by atoms with Gasteiger partial charge in [0.25, 0.3) is 0 Å². The molecule has 5 nitrogen and oxygen atoms in total. The van der Waals surface area contributed by atoms with Gasteiger partial charge in [0.05, 0.1) is 6.54 Å². The van der Waals surface area contributed by atoms with Crippen LogP contribution in [0.1, 0.15) is 11.5 Å². The van der Waals surface area contributed by atoms with Crippen molar-refractivity contribution in [3.63, 3.8) is 0 Å². The minimum Gasteiger partial charge on any atom is -0.419 e. The Morgan fingerprint density at radius 3 is 2.15 bits per heavy atom. The molecule has 0 spiro atoms. The van der Waals surface area contributed by atoms with Crippen LogP contribution in [0.25, 0.3) is 11.5 Å². The topological polar surface area (TPSA) is 45.4 Å². The summed E-state index contributed by atoms with van der Waals surface area (Å²) >= 11 is 0. The van der Waals surface area contributed by atoms with Crippen LogP contribution in [-0.2, 0) is 13.1 Å². The van der Waals surface area contributed by atoms with Gasteiger partial charge in [-0.25, -0.2) is 4.39 Å². The second-order valence-corrected chi connectivity index (χ2v) is 6.55. The van der Waals surface area contributed by atoms with Gasteiger partial charge in [0.1, 0.15) is 5.82 Å². The first kappa shape index (κ1) is 16.9. The molecule has 4 rings (SSSR count). The number of nitrogens with zero attached hydrogens (tertiary/aromatic N) is 4. The van der Waals surface area contributed by atoms with E-state index in [-0.39, 0.29) is 5.82 Å². The van der Waals surface area contributed by atoms with Gasteiger partial charge in [0, 0.05) is 38.3 Å². The Balaban J connectivity index is 1.30. The van der Waals surface area contributed by atoms with Crippen molar-refractivity contribution >= 4 is 0 Å². The molecule has 1 aliphatic heterocycles. The maximum Gasteiger partial charge on any atom is 0.247 e. The van der Waals surface area contributed by atoms with Gasteiger partial charge in [-0.15, -0.1) is 10.2 Å². The molecule has 1 saturated heterocycles. The molecule has 2 heterocycles. The molecule has 134 valence electrons. The molecule has 0 atom stereocenters. The molecule has 0 amide bonds. The summed E-state index contributed by atoms with van der Waals surface area (Å²) in [5.74, 6) is 0.755. The van der Waals surface area contributed by atoms with Gasteiger partial charge >= 0.3 is 0 Å². The SMILES string of the molecule is Fc1ccc(-c2nnc(CN3CCN(Cc4ccccc4)CC3)o2)cc1. The van der Waals surface area contributed by atoms with Crippen molar-refractivity contribution in [2.45, 2.75) is 13.1 Å². The zero-order chi connectivity index (χ0) is 17.8. The third-order valence-electron chi connectivity index (χ3n) is 4.63. The Morgan fingerprint density at radius 1 is 0.808 bits per heavy atom. The van der Waals surface area contributed by atoms with Crippen LogP contribution < -0.4 is 0 Å². The van der Waals surface area contributed by atoms with Gasteiger partial charge in [-0.3, -0.25) is 9.80 Å². The Bertz CT molecular complexity index is 827. The van der Waals surface area contributed by atoms with Crippen molar-refractivity contribution in [2.75, 3.05) is 26.2 Å². The van der Waals surface area contributed by atoms with Crippen molar-refractivity contribution in [2.24, 2.45) is 0 Å². The minimum absolute atomic E-state index is 0.276. The van der Waals surface area contributed by atoms with Crippen LogP contribution in [0.3, 0.4) is 0 Å². The lowest BCUT2D eigenvalue weighted by atomic mass is 10.2. The fraction of sp³-hybridized carbons (Fsp3) is 0.300. The third-order valence-corrected chi connectivity index (χ3v) is 4.63. The number of rotatable bonds is 5. The summed E-state index contributed by atoms with van der Waals surface area (Å²) in [4.78, 5) is 4.78. The molecule has 0 N–H and O–H groups in total. The smallest absolute Gasteiger partial charge is 0.247 e. The molecular formula is C20H21FN4O. The third kappa shape index (κ3) is 4.15. The lowest BCUT2D eigenvalue weighted by Crippen LogP contribution is -2.45. The van der Waals surface area contributed by atoms with E-state index in [0.717, 1.165) is 38.3 Å². The highest BCUT2D eigenvalue weighted by molar-refractivity contribution is 5.51. The van der Waals surface area contributed by atoms with Gasteiger partial charge < -0.3 is 4.42 Å². The number of halogens is 1. The summed E-state index contributed by atoms with van der Waals surface area (Å²) < 4.78 is 18.7. The number of benzene rings is 2. The summed E-state index contributed by atoms with van der Waals surface area (Å²) in [7, 11) is 0. The molecular weight excluding hydrogens is 331 g/mol. The molecule has 1 fully saturated rings. The van der Waals surface area contributed by atoms with Crippen molar-refractivity contribution < 1.29 is 8.81 Å². The molecule has 0 unspecified atom stereocenters. The molecule has 3 aromatic rings. The Labute approximate surface area is 152 Å². The second kappa shape index (κ2) is 7.76. The Kier molecular flexibility index (Phi) is 5.04. The van der Waals surface area contributed by atoms with Crippen LogP contribution >= 0.6 is 0 Å². The maximum absolute atomic E-state index is 13.0. The second-order valence-electron chi connectivity index (χ2n) is 6.55. The first-order valence-electron chi connectivity index (χ1n) is 8.83. The summed E-state index contributed by atoms with van der Waals surface area (Å²) in [5, 5.41) is 8.21. The highest BCUT2D eigenvalue weighted by atomic mass is 19.1. The molecule has 1 aromatic heterocycles. The molecule has 0 aliphatic carbocycles. The van der Waals surface area contributed by atoms with E-state index in [1.807, 2.05) is 6.07 Å². The molecule has 0 saturated carbocycles. The summed E-state index contributed by atoms with van der Waals surface area (Å²) in [6.07, 6.45) is 0. The Morgan fingerprint density at radius 2 is 1.46 bits per heavy atom. The Hall–Kier alpha value is -2.57. The summed E-state index contributed by atoms with van der Waals surface area (Å²) in [6, 6.07) is 16.6. The largest absolute Gasteiger partial charge is 0.419 e. The number of hydrogen-bond acceptors (Lipinski definition) is 5. The highest BCUT2D eigenvalue weighted by Crippen LogP contribution is 2.19. The maximum atomic E-state index is 13.0. The van der Waals surface area contributed by atoms with E-state index in [2.05, 4.69) is 44.3 Å². The van der Waals surface area contributed by atoms with Gasteiger partial charge in [-0.2, -0.15) is 0 Å². The van der Waals surface area contributed by atoms with Gasteiger partial charge in [-0.1, -0.05) is 30.3 Å². The van der Waals surface area contributed by atoms with E-state index in [1.165, 1.54) is 17.7 Å². The van der Waals surface area contributed by atoms with Crippen LogP contribution in [0.15, 0.2) is 59.0 Å². The van der Waals surface area contributed by atoms with Gasteiger partial charge in [0.15, 0.2) is 0 Å². The van der Waals surface area contributed by atoms with Crippen molar-refractivity contribution in [3.05, 3.63) is 71.9 Å². The summed E-state index contributed by atoms with van der Waals surface area (Å²) in [5.41, 5.74) is 2.08. The van der Waals surface area contributed by atoms with Crippen LogP contribution in [0, 0.1) is 5.82 Å². The molecule has 0 radical (unpaired) electrons. The van der Waals surface area contributed by atoms with Crippen LogP contribution in [0.4, 0.5) is 4.39 Å². The van der Waals surface area contributed by atoms with E-state index in [9.17, 15) is 4.39 Å². The van der Waals surface area contributed by atoms with Crippen LogP contribution in [0.2, 0.25) is 0 Å². The lowest BCUT2D eigenvalue weighted by Gasteiger charge is -2.33. The van der Waals surface area contributed by atoms with E-state index in [4.69, 9.17) is 4.42 Å². The molecule has 6 heteroatoms. The first-order valence-corrected chi connectivity index (χ1v) is 8.83. The van der Waals surface area contributed by atoms with E-state index in [0.29, 0.717) is 18.3 Å². The van der Waals surface area contributed by atoms with Crippen molar-refractivity contribution in [1.29, 1.82) is 0 Å². The first-order chi connectivity index (χ1) is 12.8. The normalized spacial score (nSPS) is 16.0. The molecule has 26 heavy (non-hydrogen) atoms. The predicted molar refractivity (Wildman–Crippen MR) is 96.7 cm³/mol. The lowest BCUT2D eigenvalue weighted by molar-refractivity contribution is 0.114. The standard InChI is InChI=1S/C20H21FN4O/c21-18-8-6-17(7-9-18)20-23-22-19(26-20)15-25-12-10-24(11-13-25)14-16-4-2-1-3-5-16/h1-9H,10-15H2. The van der Waals surface area contributed by atoms with Crippen molar-refractivity contribution in [3.8, 4) is 11.5 Å². The number of aromatic nitrogens is 2. The number of hydrogen-bond donors (Lipinski definition) is 0. The molecule has 1 aliphatic rings. The fourth-order valence-corrected chi connectivity index (χ4v) is 3.17. The van der Waals surface area contributed by atoms with Crippen LogP contribution in [0.5, 0.6) is 0 Å².